The molecule has 1 atom stereocenters. The summed E-state index contributed by atoms with van der Waals surface area (Å²) in [4.78, 5) is 49.6. The van der Waals surface area contributed by atoms with Gasteiger partial charge < -0.3 is 28.7 Å². The number of furan rings is 1. The molecule has 12 heteroatoms. The molecule has 0 unspecified atom stereocenters. The number of rotatable bonds is 9. The number of imide groups is 1. The first-order chi connectivity index (χ1) is 16.7. The third kappa shape index (κ3) is 5.83. The first kappa shape index (κ1) is 25.8. The molecule has 2 heterocycles. The predicted octanol–water partition coefficient (Wildman–Crippen LogP) is 3.26. The van der Waals surface area contributed by atoms with Gasteiger partial charge >= 0.3 is 18.0 Å². The molecule has 2 aromatic rings. The molecule has 35 heavy (non-hydrogen) atoms. The summed E-state index contributed by atoms with van der Waals surface area (Å²) >= 11 is 3.41. The lowest BCUT2D eigenvalue weighted by Crippen LogP contribution is -2.30. The second-order valence-corrected chi connectivity index (χ2v) is 8.03. The SMILES string of the molecule is CCOC(=O)[C@H](C)Oc1cc(Br)c(/C=C2\NC(=O)N(Cc3ccc(C(=O)OC)o3)C2=O)cc1OC. The number of ether oxygens (including phenoxy) is 4. The van der Waals surface area contributed by atoms with E-state index in [1.165, 1.54) is 32.4 Å². The van der Waals surface area contributed by atoms with Crippen LogP contribution in [-0.2, 0) is 25.6 Å². The van der Waals surface area contributed by atoms with Crippen molar-refractivity contribution in [2.75, 3.05) is 20.8 Å². The van der Waals surface area contributed by atoms with E-state index in [2.05, 4.69) is 26.0 Å². The Bertz CT molecular complexity index is 1190. The fourth-order valence-electron chi connectivity index (χ4n) is 3.11. The number of esters is 2. The summed E-state index contributed by atoms with van der Waals surface area (Å²) in [5.74, 6) is -1.01. The molecule has 11 nitrogen and oxygen atoms in total. The highest BCUT2D eigenvalue weighted by atomic mass is 79.9. The van der Waals surface area contributed by atoms with Gasteiger partial charge in [0.05, 0.1) is 27.4 Å². The number of carbonyl (C=O) groups excluding carboxylic acids is 4. The maximum absolute atomic E-state index is 12.9. The van der Waals surface area contributed by atoms with E-state index in [4.69, 9.17) is 18.6 Å². The van der Waals surface area contributed by atoms with Crippen molar-refractivity contribution in [1.82, 2.24) is 10.2 Å². The molecule has 1 saturated heterocycles. The van der Waals surface area contributed by atoms with Crippen LogP contribution in [0.5, 0.6) is 11.5 Å². The number of amides is 3. The lowest BCUT2D eigenvalue weighted by atomic mass is 10.1. The molecular weight excluding hydrogens is 528 g/mol. The van der Waals surface area contributed by atoms with Crippen LogP contribution in [0.15, 0.2) is 38.9 Å². The van der Waals surface area contributed by atoms with Gasteiger partial charge in [0.15, 0.2) is 17.6 Å². The molecule has 0 radical (unpaired) electrons. The first-order valence-corrected chi connectivity index (χ1v) is 11.2. The Morgan fingerprint density at radius 2 is 1.94 bits per heavy atom. The minimum Gasteiger partial charge on any atom is -0.493 e. The summed E-state index contributed by atoms with van der Waals surface area (Å²) in [6.07, 6.45) is 0.596. The molecule has 0 saturated carbocycles. The molecule has 0 spiro atoms. The Labute approximate surface area is 209 Å². The Hall–Kier alpha value is -3.80. The summed E-state index contributed by atoms with van der Waals surface area (Å²) in [6, 6.07) is 5.39. The van der Waals surface area contributed by atoms with Gasteiger partial charge in [-0.1, -0.05) is 15.9 Å². The molecule has 0 aliphatic carbocycles. The molecule has 1 N–H and O–H groups in total. The second-order valence-electron chi connectivity index (χ2n) is 7.17. The largest absolute Gasteiger partial charge is 0.493 e. The van der Waals surface area contributed by atoms with Crippen molar-refractivity contribution in [2.45, 2.75) is 26.5 Å². The smallest absolute Gasteiger partial charge is 0.373 e. The maximum atomic E-state index is 12.9. The number of halogens is 1. The zero-order valence-corrected chi connectivity index (χ0v) is 21.0. The van der Waals surface area contributed by atoms with E-state index in [1.807, 2.05) is 0 Å². The zero-order valence-electron chi connectivity index (χ0n) is 19.4. The zero-order chi connectivity index (χ0) is 25.7. The normalized spacial score (nSPS) is 15.1. The van der Waals surface area contributed by atoms with Crippen molar-refractivity contribution in [3.05, 3.63) is 51.5 Å². The van der Waals surface area contributed by atoms with E-state index >= 15 is 0 Å². The molecule has 1 aliphatic heterocycles. The minimum atomic E-state index is -0.870. The van der Waals surface area contributed by atoms with Gasteiger partial charge in [-0.3, -0.25) is 9.69 Å². The lowest BCUT2D eigenvalue weighted by Gasteiger charge is -2.17. The van der Waals surface area contributed by atoms with E-state index in [-0.39, 0.29) is 36.1 Å². The van der Waals surface area contributed by atoms with E-state index < -0.39 is 30.0 Å². The van der Waals surface area contributed by atoms with Gasteiger partial charge in [-0.2, -0.15) is 0 Å². The van der Waals surface area contributed by atoms with E-state index in [0.717, 1.165) is 4.90 Å². The number of carbonyl (C=O) groups is 4. The lowest BCUT2D eigenvalue weighted by molar-refractivity contribution is -0.150. The highest BCUT2D eigenvalue weighted by Crippen LogP contribution is 2.35. The molecule has 3 rings (SSSR count). The van der Waals surface area contributed by atoms with Crippen LogP contribution in [0.3, 0.4) is 0 Å². The number of urea groups is 1. The molecular formula is C23H23BrN2O9. The summed E-state index contributed by atoms with van der Waals surface area (Å²) in [7, 11) is 2.64. The van der Waals surface area contributed by atoms with Crippen LogP contribution in [0.2, 0.25) is 0 Å². The van der Waals surface area contributed by atoms with Gasteiger partial charge in [0.25, 0.3) is 5.91 Å². The van der Waals surface area contributed by atoms with Gasteiger partial charge in [-0.25, -0.2) is 14.4 Å². The predicted molar refractivity (Wildman–Crippen MR) is 125 cm³/mol. The van der Waals surface area contributed by atoms with Gasteiger partial charge in [-0.05, 0) is 49.8 Å². The minimum absolute atomic E-state index is 0.0195. The Morgan fingerprint density at radius 3 is 2.60 bits per heavy atom. The Balaban J connectivity index is 1.80. The molecule has 1 aromatic carbocycles. The monoisotopic (exact) mass is 550 g/mol. The average Bonchev–Trinajstić information content (AvgIpc) is 3.40. The molecule has 1 aromatic heterocycles. The van der Waals surface area contributed by atoms with Crippen LogP contribution in [0.25, 0.3) is 6.08 Å². The van der Waals surface area contributed by atoms with Gasteiger partial charge in [0.1, 0.15) is 11.5 Å². The molecule has 1 fully saturated rings. The van der Waals surface area contributed by atoms with Crippen LogP contribution in [0, 0.1) is 0 Å². The number of benzene rings is 1. The third-order valence-electron chi connectivity index (χ3n) is 4.83. The van der Waals surface area contributed by atoms with Crippen molar-refractivity contribution in [1.29, 1.82) is 0 Å². The van der Waals surface area contributed by atoms with Gasteiger partial charge in [-0.15, -0.1) is 0 Å². The van der Waals surface area contributed by atoms with Crippen LogP contribution in [0.4, 0.5) is 4.79 Å². The standard InChI is InChI=1S/C23H23BrN2O9/c1-5-33-21(28)12(2)34-19-10-15(24)13(9-18(19)31-3)8-16-20(27)26(23(30)25-16)11-14-6-7-17(35-14)22(29)32-4/h6-10,12H,5,11H2,1-4H3,(H,25,30)/b16-8-/t12-/m0/s1. The number of nitrogens with one attached hydrogen (secondary N) is 1. The number of nitrogens with zero attached hydrogens (tertiary/aromatic N) is 1. The van der Waals surface area contributed by atoms with Crippen LogP contribution in [0.1, 0.15) is 35.7 Å². The number of methoxy groups -OCH3 is 2. The second kappa shape index (κ2) is 11.1. The van der Waals surface area contributed by atoms with E-state index in [1.54, 1.807) is 26.0 Å². The highest BCUT2D eigenvalue weighted by Gasteiger charge is 2.34. The first-order valence-electron chi connectivity index (χ1n) is 10.4. The van der Waals surface area contributed by atoms with Gasteiger partial charge in [0.2, 0.25) is 5.76 Å². The number of hydrogen-bond donors (Lipinski definition) is 1. The summed E-state index contributed by atoms with van der Waals surface area (Å²) in [5, 5.41) is 2.51. The van der Waals surface area contributed by atoms with Crippen LogP contribution in [-0.4, -0.2) is 55.7 Å². The quantitative estimate of drug-likeness (QED) is 0.283. The summed E-state index contributed by atoms with van der Waals surface area (Å²) in [5.41, 5.74) is 0.528. The Kier molecular flexibility index (Phi) is 8.18. The molecule has 1 aliphatic rings. The fraction of sp³-hybridized carbons (Fsp3) is 0.304. The summed E-state index contributed by atoms with van der Waals surface area (Å²) in [6.45, 7) is 3.29. The van der Waals surface area contributed by atoms with E-state index in [0.29, 0.717) is 15.8 Å². The molecule has 3 amide bonds. The van der Waals surface area contributed by atoms with Crippen molar-refractivity contribution < 1.29 is 42.5 Å². The van der Waals surface area contributed by atoms with Crippen molar-refractivity contribution >= 4 is 45.9 Å². The van der Waals surface area contributed by atoms with Crippen LogP contribution >= 0.6 is 15.9 Å². The van der Waals surface area contributed by atoms with Crippen LogP contribution < -0.4 is 14.8 Å². The molecule has 0 bridgehead atoms. The van der Waals surface area contributed by atoms with Crippen molar-refractivity contribution in [2.24, 2.45) is 0 Å². The van der Waals surface area contributed by atoms with Crippen molar-refractivity contribution in [3.8, 4) is 11.5 Å². The molecule has 186 valence electrons. The average molecular weight is 551 g/mol. The Morgan fingerprint density at radius 1 is 1.20 bits per heavy atom. The number of hydrogen-bond acceptors (Lipinski definition) is 9. The topological polar surface area (TPSA) is 134 Å². The van der Waals surface area contributed by atoms with Gasteiger partial charge in [0, 0.05) is 4.47 Å². The fourth-order valence-corrected chi connectivity index (χ4v) is 3.55. The maximum Gasteiger partial charge on any atom is 0.373 e. The summed E-state index contributed by atoms with van der Waals surface area (Å²) < 4.78 is 26.4. The van der Waals surface area contributed by atoms with E-state index in [9.17, 15) is 19.2 Å². The highest BCUT2D eigenvalue weighted by molar-refractivity contribution is 9.10. The van der Waals surface area contributed by atoms with Crippen molar-refractivity contribution in [3.63, 3.8) is 0 Å². The third-order valence-corrected chi connectivity index (χ3v) is 5.52.